The second-order valence-electron chi connectivity index (χ2n) is 3.74. The molecule has 0 aromatic rings. The minimum absolute atomic E-state index is 0.133. The van der Waals surface area contributed by atoms with Gasteiger partial charge in [0.15, 0.2) is 0 Å². The van der Waals surface area contributed by atoms with E-state index in [-0.39, 0.29) is 12.0 Å². The number of carboxylic acids is 1. The summed E-state index contributed by atoms with van der Waals surface area (Å²) < 4.78 is 5.47. The molecule has 0 amide bonds. The third-order valence-electron chi connectivity index (χ3n) is 3.10. The topological polar surface area (TPSA) is 46.5 Å². The number of carboxylic acid groups (broad SMARTS) is 1. The SMILES string of the molecule is O=C(O)[C@@H]1CCC[C@H]2OCC[C@@H]21. The van der Waals surface area contributed by atoms with Crippen LogP contribution >= 0.6 is 0 Å². The Hall–Kier alpha value is -0.570. The van der Waals surface area contributed by atoms with Crippen LogP contribution in [0.15, 0.2) is 0 Å². The zero-order valence-electron chi connectivity index (χ0n) is 7.03. The van der Waals surface area contributed by atoms with Gasteiger partial charge in [0.25, 0.3) is 0 Å². The molecule has 2 aliphatic rings. The first-order valence-corrected chi connectivity index (χ1v) is 4.63. The smallest absolute Gasteiger partial charge is 0.306 e. The Balaban J connectivity index is 2.08. The minimum atomic E-state index is -0.629. The molecule has 1 saturated heterocycles. The van der Waals surface area contributed by atoms with E-state index >= 15 is 0 Å². The summed E-state index contributed by atoms with van der Waals surface area (Å²) in [5, 5.41) is 8.93. The van der Waals surface area contributed by atoms with Gasteiger partial charge in [-0.25, -0.2) is 0 Å². The molecule has 3 atom stereocenters. The number of fused-ring (bicyclic) bond motifs is 1. The fraction of sp³-hybridized carbons (Fsp3) is 0.889. The number of aliphatic carboxylic acids is 1. The third-order valence-corrected chi connectivity index (χ3v) is 3.10. The third kappa shape index (κ3) is 1.22. The molecule has 1 aliphatic carbocycles. The summed E-state index contributed by atoms with van der Waals surface area (Å²) in [6.45, 7) is 0.763. The molecule has 0 spiro atoms. The molecule has 1 aliphatic heterocycles. The Bertz CT molecular complexity index is 190. The maximum atomic E-state index is 10.8. The average molecular weight is 170 g/mol. The summed E-state index contributed by atoms with van der Waals surface area (Å²) >= 11 is 0. The van der Waals surface area contributed by atoms with Crippen LogP contribution in [0.5, 0.6) is 0 Å². The molecule has 3 nitrogen and oxygen atoms in total. The predicted molar refractivity (Wildman–Crippen MR) is 42.8 cm³/mol. The molecule has 2 rings (SSSR count). The summed E-state index contributed by atoms with van der Waals surface area (Å²) in [6, 6.07) is 0. The molecule has 3 heteroatoms. The summed E-state index contributed by atoms with van der Waals surface area (Å²) in [4.78, 5) is 10.8. The maximum absolute atomic E-state index is 10.8. The highest BCUT2D eigenvalue weighted by Gasteiger charge is 2.40. The molecule has 0 bridgehead atoms. The van der Waals surface area contributed by atoms with Crippen molar-refractivity contribution in [3.05, 3.63) is 0 Å². The quantitative estimate of drug-likeness (QED) is 0.644. The Morgan fingerprint density at radius 1 is 1.33 bits per heavy atom. The molecule has 1 N–H and O–H groups in total. The number of carbonyl (C=O) groups is 1. The lowest BCUT2D eigenvalue weighted by atomic mass is 9.77. The summed E-state index contributed by atoms with van der Waals surface area (Å²) in [5.74, 6) is -0.460. The second-order valence-corrected chi connectivity index (χ2v) is 3.74. The molecule has 1 heterocycles. The number of ether oxygens (including phenoxy) is 1. The van der Waals surface area contributed by atoms with E-state index in [1.807, 2.05) is 0 Å². The van der Waals surface area contributed by atoms with E-state index in [1.165, 1.54) is 0 Å². The van der Waals surface area contributed by atoms with Crippen molar-refractivity contribution in [2.75, 3.05) is 6.61 Å². The van der Waals surface area contributed by atoms with E-state index in [0.717, 1.165) is 32.3 Å². The number of hydrogen-bond donors (Lipinski definition) is 1. The Labute approximate surface area is 71.7 Å². The highest BCUT2D eigenvalue weighted by Crippen LogP contribution is 2.38. The normalized spacial score (nSPS) is 40.8. The van der Waals surface area contributed by atoms with E-state index in [1.54, 1.807) is 0 Å². The Morgan fingerprint density at radius 2 is 2.17 bits per heavy atom. The first-order chi connectivity index (χ1) is 5.79. The van der Waals surface area contributed by atoms with Gasteiger partial charge in [-0.2, -0.15) is 0 Å². The largest absolute Gasteiger partial charge is 0.481 e. The summed E-state index contributed by atoms with van der Waals surface area (Å²) in [5.41, 5.74) is 0. The van der Waals surface area contributed by atoms with Gasteiger partial charge < -0.3 is 9.84 Å². The highest BCUT2D eigenvalue weighted by atomic mass is 16.5. The van der Waals surface area contributed by atoms with Crippen molar-refractivity contribution in [3.8, 4) is 0 Å². The lowest BCUT2D eigenvalue weighted by molar-refractivity contribution is -0.146. The first-order valence-electron chi connectivity index (χ1n) is 4.63. The summed E-state index contributed by atoms with van der Waals surface area (Å²) in [7, 11) is 0. The van der Waals surface area contributed by atoms with Gasteiger partial charge in [-0.05, 0) is 25.7 Å². The number of hydrogen-bond acceptors (Lipinski definition) is 2. The molecule has 12 heavy (non-hydrogen) atoms. The van der Waals surface area contributed by atoms with Crippen LogP contribution in [0.4, 0.5) is 0 Å². The summed E-state index contributed by atoms with van der Waals surface area (Å²) in [6.07, 6.45) is 4.12. The van der Waals surface area contributed by atoms with E-state index in [0.29, 0.717) is 5.92 Å². The van der Waals surface area contributed by atoms with Gasteiger partial charge in [0, 0.05) is 12.5 Å². The Morgan fingerprint density at radius 3 is 2.92 bits per heavy atom. The lowest BCUT2D eigenvalue weighted by Crippen LogP contribution is -2.33. The van der Waals surface area contributed by atoms with E-state index in [2.05, 4.69) is 0 Å². The standard InChI is InChI=1S/C9H14O3/c10-9(11)7-2-1-3-8-6(7)4-5-12-8/h6-8H,1-5H2,(H,10,11)/t6-,7-,8-/m1/s1. The van der Waals surface area contributed by atoms with Crippen LogP contribution in [0.2, 0.25) is 0 Å². The van der Waals surface area contributed by atoms with Gasteiger partial charge in [0.2, 0.25) is 0 Å². The van der Waals surface area contributed by atoms with E-state index < -0.39 is 5.97 Å². The van der Waals surface area contributed by atoms with Crippen LogP contribution in [-0.4, -0.2) is 23.8 Å². The predicted octanol–water partition coefficient (Wildman–Crippen LogP) is 1.28. The molecule has 0 unspecified atom stereocenters. The second kappa shape index (κ2) is 3.05. The van der Waals surface area contributed by atoms with Gasteiger partial charge >= 0.3 is 5.97 Å². The van der Waals surface area contributed by atoms with Gasteiger partial charge in [-0.3, -0.25) is 4.79 Å². The van der Waals surface area contributed by atoms with Crippen molar-refractivity contribution in [1.29, 1.82) is 0 Å². The van der Waals surface area contributed by atoms with E-state index in [9.17, 15) is 4.79 Å². The molecular formula is C9H14O3. The van der Waals surface area contributed by atoms with Crippen LogP contribution < -0.4 is 0 Å². The van der Waals surface area contributed by atoms with Crippen molar-refractivity contribution in [2.24, 2.45) is 11.8 Å². The highest BCUT2D eigenvalue weighted by molar-refractivity contribution is 5.70. The molecule has 0 aromatic carbocycles. The lowest BCUT2D eigenvalue weighted by Gasteiger charge is -2.29. The monoisotopic (exact) mass is 170 g/mol. The molecule has 0 aromatic heterocycles. The van der Waals surface area contributed by atoms with Gasteiger partial charge in [-0.1, -0.05) is 0 Å². The zero-order chi connectivity index (χ0) is 8.55. The van der Waals surface area contributed by atoms with Crippen LogP contribution in [0.3, 0.4) is 0 Å². The van der Waals surface area contributed by atoms with Crippen molar-refractivity contribution in [1.82, 2.24) is 0 Å². The van der Waals surface area contributed by atoms with Gasteiger partial charge in [-0.15, -0.1) is 0 Å². The minimum Gasteiger partial charge on any atom is -0.481 e. The average Bonchev–Trinajstić information content (AvgIpc) is 2.49. The van der Waals surface area contributed by atoms with Crippen LogP contribution in [0, 0.1) is 11.8 Å². The maximum Gasteiger partial charge on any atom is 0.306 e. The van der Waals surface area contributed by atoms with Crippen molar-refractivity contribution in [2.45, 2.75) is 31.8 Å². The van der Waals surface area contributed by atoms with Crippen molar-refractivity contribution >= 4 is 5.97 Å². The van der Waals surface area contributed by atoms with Gasteiger partial charge in [0.05, 0.1) is 12.0 Å². The van der Waals surface area contributed by atoms with Crippen LogP contribution in [0.25, 0.3) is 0 Å². The van der Waals surface area contributed by atoms with Crippen LogP contribution in [0.1, 0.15) is 25.7 Å². The van der Waals surface area contributed by atoms with E-state index in [4.69, 9.17) is 9.84 Å². The van der Waals surface area contributed by atoms with Gasteiger partial charge in [0.1, 0.15) is 0 Å². The fourth-order valence-corrected chi connectivity index (χ4v) is 2.48. The Kier molecular flexibility index (Phi) is 2.05. The number of rotatable bonds is 1. The molecule has 1 saturated carbocycles. The fourth-order valence-electron chi connectivity index (χ4n) is 2.48. The molecule has 0 radical (unpaired) electrons. The van der Waals surface area contributed by atoms with Crippen molar-refractivity contribution < 1.29 is 14.6 Å². The zero-order valence-corrected chi connectivity index (χ0v) is 7.03. The molecular weight excluding hydrogens is 156 g/mol. The molecule has 2 fully saturated rings. The first kappa shape index (κ1) is 8.05. The van der Waals surface area contributed by atoms with Crippen LogP contribution in [-0.2, 0) is 9.53 Å². The van der Waals surface area contributed by atoms with Crippen molar-refractivity contribution in [3.63, 3.8) is 0 Å². The molecule has 68 valence electrons.